The smallest absolute Gasteiger partial charge is 0.286 e. The van der Waals surface area contributed by atoms with Crippen molar-refractivity contribution in [2.24, 2.45) is 0 Å². The molecule has 0 saturated carbocycles. The summed E-state index contributed by atoms with van der Waals surface area (Å²) in [5.74, 6) is 1.12. The average Bonchev–Trinajstić information content (AvgIpc) is 2.17. The minimum Gasteiger partial charge on any atom is -0.286 e. The minimum atomic E-state index is 0. The maximum Gasteiger partial charge on any atom is 1.00 e. The van der Waals surface area contributed by atoms with Crippen LogP contribution in [0.5, 0.6) is 0 Å². The Morgan fingerprint density at radius 1 is 1.35 bits per heavy atom. The molecule has 0 heterocycles. The summed E-state index contributed by atoms with van der Waals surface area (Å²) in [6.45, 7) is 8.95. The largest absolute Gasteiger partial charge is 1.00 e. The molecule has 0 aromatic carbocycles. The topological polar surface area (TPSA) is 0 Å². The van der Waals surface area contributed by atoms with Crippen LogP contribution in [0.25, 0.3) is 0 Å². The third kappa shape index (κ3) is 8.66. The van der Waals surface area contributed by atoms with Gasteiger partial charge in [0.2, 0.25) is 0 Å². The summed E-state index contributed by atoms with van der Waals surface area (Å²) in [7, 11) is 0. The van der Waals surface area contributed by atoms with Gasteiger partial charge in [-0.05, 0) is 5.75 Å². The Labute approximate surface area is 139 Å². The fraction of sp³-hybridized carbons (Fsp3) is 0.462. The first kappa shape index (κ1) is 20.3. The van der Waals surface area contributed by atoms with Crippen LogP contribution in [0.1, 0.15) is 27.7 Å². The van der Waals surface area contributed by atoms with Gasteiger partial charge in [0.25, 0.3) is 0 Å². The van der Waals surface area contributed by atoms with Gasteiger partial charge in [0, 0.05) is 4.75 Å². The van der Waals surface area contributed by atoms with Gasteiger partial charge in [-0.15, -0.1) is 0 Å². The number of thioether (sulfide) groups is 2. The van der Waals surface area contributed by atoms with Crippen molar-refractivity contribution in [2.75, 3.05) is 5.75 Å². The number of rotatable bonds is 3. The molecule has 0 N–H and O–H groups in total. The van der Waals surface area contributed by atoms with Gasteiger partial charge in [-0.3, -0.25) is 30.7 Å². The molecule has 0 unspecified atom stereocenters. The number of hydrogen-bond acceptors (Lipinski definition) is 2. The molecule has 0 saturated heterocycles. The third-order valence-electron chi connectivity index (χ3n) is 1.62. The Hall–Kier alpha value is 0.985. The van der Waals surface area contributed by atoms with Gasteiger partial charge in [-0.2, -0.15) is 23.5 Å². The Morgan fingerprint density at radius 2 is 2.00 bits per heavy atom. The van der Waals surface area contributed by atoms with E-state index in [-0.39, 0.29) is 42.5 Å². The van der Waals surface area contributed by atoms with Crippen molar-refractivity contribution in [3.8, 4) is 0 Å². The third-order valence-corrected chi connectivity index (χ3v) is 4.04. The van der Waals surface area contributed by atoms with E-state index in [1.165, 1.54) is 9.81 Å². The normalized spacial score (nSPS) is 16.7. The molecule has 84 valence electrons. The molecule has 0 bridgehead atoms. The standard InChI is InChI=1S/C13H18S2.2Li/c1-5-14-12(15-13(2,3)4)11-9-7-6-8-10-11;;/h6-7,9-10H,5H2,1-4H3;;/q-2;2*+1/b12-11+;;. The second-order valence-electron chi connectivity index (χ2n) is 4.23. The van der Waals surface area contributed by atoms with Crippen molar-refractivity contribution in [1.82, 2.24) is 0 Å². The van der Waals surface area contributed by atoms with Crippen LogP contribution in [0.4, 0.5) is 0 Å². The molecule has 0 aliphatic heterocycles. The summed E-state index contributed by atoms with van der Waals surface area (Å²) < 4.78 is 1.68. The fourth-order valence-corrected chi connectivity index (χ4v) is 3.80. The first-order valence-electron chi connectivity index (χ1n) is 5.18. The van der Waals surface area contributed by atoms with Gasteiger partial charge in [0.15, 0.2) is 0 Å². The zero-order valence-electron chi connectivity index (χ0n) is 11.8. The van der Waals surface area contributed by atoms with E-state index in [4.69, 9.17) is 0 Å². The summed E-state index contributed by atoms with van der Waals surface area (Å²) in [4.78, 5) is 0. The Balaban J connectivity index is 0. The molecular formula is C13H18Li2S2. The second kappa shape index (κ2) is 9.86. The molecule has 0 atom stereocenters. The van der Waals surface area contributed by atoms with E-state index in [0.717, 1.165) is 5.75 Å². The molecule has 0 aromatic rings. The van der Waals surface area contributed by atoms with Gasteiger partial charge in [-0.1, -0.05) is 31.9 Å². The molecule has 0 amide bonds. The molecule has 0 aromatic heterocycles. The van der Waals surface area contributed by atoms with Crippen LogP contribution in [0.2, 0.25) is 0 Å². The quantitative estimate of drug-likeness (QED) is 0.449. The van der Waals surface area contributed by atoms with Crippen molar-refractivity contribution in [2.45, 2.75) is 32.4 Å². The van der Waals surface area contributed by atoms with Crippen LogP contribution in [-0.2, 0) is 0 Å². The average molecular weight is 252 g/mol. The summed E-state index contributed by atoms with van der Waals surface area (Å²) in [6.07, 6.45) is 11.4. The Kier molecular flexibility index (Phi) is 11.8. The van der Waals surface area contributed by atoms with Crippen molar-refractivity contribution in [1.29, 1.82) is 0 Å². The van der Waals surface area contributed by atoms with Crippen molar-refractivity contribution in [3.63, 3.8) is 0 Å². The molecular weight excluding hydrogens is 234 g/mol. The summed E-state index contributed by atoms with van der Waals surface area (Å²) in [6, 6.07) is 0. The predicted octanol–water partition coefficient (Wildman–Crippen LogP) is -1.38. The molecule has 4 heteroatoms. The molecule has 0 fully saturated rings. The molecule has 1 aliphatic rings. The Morgan fingerprint density at radius 3 is 2.41 bits per heavy atom. The predicted molar refractivity (Wildman–Crippen MR) is 73.8 cm³/mol. The molecule has 1 aliphatic carbocycles. The molecule has 0 nitrogen and oxygen atoms in total. The van der Waals surface area contributed by atoms with Crippen molar-refractivity contribution >= 4 is 23.5 Å². The van der Waals surface area contributed by atoms with E-state index in [0.29, 0.717) is 0 Å². The zero-order chi connectivity index (χ0) is 11.3. The van der Waals surface area contributed by atoms with Gasteiger partial charge in [0.1, 0.15) is 0 Å². The fourth-order valence-electron chi connectivity index (χ4n) is 1.10. The van der Waals surface area contributed by atoms with Crippen LogP contribution >= 0.6 is 23.5 Å². The van der Waals surface area contributed by atoms with Gasteiger partial charge < -0.3 is 0 Å². The van der Waals surface area contributed by atoms with Crippen LogP contribution in [-0.4, -0.2) is 10.5 Å². The van der Waals surface area contributed by atoms with Crippen LogP contribution in [0.3, 0.4) is 0 Å². The van der Waals surface area contributed by atoms with Gasteiger partial charge >= 0.3 is 37.7 Å². The number of allylic oxidation sites excluding steroid dienone is 5. The van der Waals surface area contributed by atoms with E-state index in [1.54, 1.807) is 0 Å². The van der Waals surface area contributed by atoms with Crippen molar-refractivity contribution in [3.05, 3.63) is 40.5 Å². The molecule has 1 rings (SSSR count). The first-order chi connectivity index (χ1) is 7.03. The molecule has 0 radical (unpaired) electrons. The SMILES string of the molecule is CCS/C(SC(C)(C)C)=C1\C=[C-]C=C[CH-]1.[Li+].[Li+]. The van der Waals surface area contributed by atoms with Crippen LogP contribution in [0, 0.1) is 12.5 Å². The minimum absolute atomic E-state index is 0. The van der Waals surface area contributed by atoms with E-state index >= 15 is 0 Å². The van der Waals surface area contributed by atoms with Crippen molar-refractivity contribution < 1.29 is 37.7 Å². The first-order valence-corrected chi connectivity index (χ1v) is 6.98. The summed E-state index contributed by atoms with van der Waals surface area (Å²) >= 11 is 3.86. The maximum absolute atomic E-state index is 3.14. The zero-order valence-corrected chi connectivity index (χ0v) is 13.5. The maximum atomic E-state index is 3.14. The molecule has 17 heavy (non-hydrogen) atoms. The monoisotopic (exact) mass is 252 g/mol. The van der Waals surface area contributed by atoms with Crippen LogP contribution < -0.4 is 37.7 Å². The van der Waals surface area contributed by atoms with E-state index in [2.05, 4.69) is 52.3 Å². The van der Waals surface area contributed by atoms with Gasteiger partial charge in [-0.25, -0.2) is 5.57 Å². The van der Waals surface area contributed by atoms with Gasteiger partial charge in [0.05, 0.1) is 0 Å². The van der Waals surface area contributed by atoms with E-state index < -0.39 is 0 Å². The van der Waals surface area contributed by atoms with E-state index in [1.807, 2.05) is 29.6 Å². The summed E-state index contributed by atoms with van der Waals surface area (Å²) in [5, 5.41) is 0. The number of hydrogen-bond donors (Lipinski definition) is 0. The molecule has 0 spiro atoms. The van der Waals surface area contributed by atoms with Crippen LogP contribution in [0.15, 0.2) is 28.0 Å². The second-order valence-corrected chi connectivity index (χ2v) is 7.60. The van der Waals surface area contributed by atoms with E-state index in [9.17, 15) is 0 Å². The Bertz CT molecular complexity index is 299. The summed E-state index contributed by atoms with van der Waals surface area (Å²) in [5.41, 5.74) is 1.30.